The number of benzene rings is 1. The van der Waals surface area contributed by atoms with E-state index in [-0.39, 0.29) is 23.1 Å². The molecule has 2 bridgehead atoms. The van der Waals surface area contributed by atoms with E-state index < -0.39 is 9.84 Å². The van der Waals surface area contributed by atoms with E-state index in [4.69, 9.17) is 11.6 Å². The summed E-state index contributed by atoms with van der Waals surface area (Å²) in [6, 6.07) is 6.89. The number of nitrogens with one attached hydrogen (secondary N) is 1. The highest BCUT2D eigenvalue weighted by Gasteiger charge is 2.49. The van der Waals surface area contributed by atoms with Crippen LogP contribution < -0.4 is 5.32 Å². The third-order valence-corrected chi connectivity index (χ3v) is 6.39. The number of halogens is 1. The van der Waals surface area contributed by atoms with Gasteiger partial charge in [-0.05, 0) is 24.1 Å². The minimum absolute atomic E-state index is 0.103. The van der Waals surface area contributed by atoms with Crippen LogP contribution in [-0.4, -0.2) is 42.9 Å². The monoisotopic (exact) mass is 314 g/mol. The van der Waals surface area contributed by atoms with Gasteiger partial charge in [0.05, 0.1) is 11.0 Å². The van der Waals surface area contributed by atoms with Crippen LogP contribution in [0.4, 0.5) is 4.79 Å². The number of fused-ring (bicyclic) bond motifs is 2. The van der Waals surface area contributed by atoms with Crippen LogP contribution in [0.3, 0.4) is 0 Å². The van der Waals surface area contributed by atoms with Crippen molar-refractivity contribution in [2.45, 2.75) is 24.3 Å². The summed E-state index contributed by atoms with van der Waals surface area (Å²) in [7, 11) is -2.96. The maximum atomic E-state index is 12.1. The average molecular weight is 315 g/mol. The maximum absolute atomic E-state index is 12.1. The molecule has 0 unspecified atom stereocenters. The predicted octanol–water partition coefficient (Wildman–Crippen LogP) is 1.42. The Morgan fingerprint density at radius 2 is 2.05 bits per heavy atom. The molecule has 5 nitrogen and oxygen atoms in total. The predicted molar refractivity (Wildman–Crippen MR) is 76.4 cm³/mol. The SMILES string of the molecule is O=C(NCc1ccc(Cl)cc1)N1C[C@H]2C[C@H]1CS2(=O)=O. The van der Waals surface area contributed by atoms with Crippen molar-refractivity contribution >= 4 is 27.5 Å². The molecule has 3 rings (SSSR count). The van der Waals surface area contributed by atoms with E-state index in [1.807, 2.05) is 12.1 Å². The number of carbonyl (C=O) groups excluding carboxylic acids is 1. The Morgan fingerprint density at radius 3 is 2.60 bits per heavy atom. The quantitative estimate of drug-likeness (QED) is 0.898. The van der Waals surface area contributed by atoms with E-state index in [2.05, 4.69) is 5.32 Å². The zero-order chi connectivity index (χ0) is 14.3. The van der Waals surface area contributed by atoms with Crippen molar-refractivity contribution in [2.75, 3.05) is 12.3 Å². The van der Waals surface area contributed by atoms with Crippen LogP contribution in [0.25, 0.3) is 0 Å². The lowest BCUT2D eigenvalue weighted by Crippen LogP contribution is -2.48. The molecule has 1 N–H and O–H groups in total. The lowest BCUT2D eigenvalue weighted by Gasteiger charge is -2.27. The molecule has 20 heavy (non-hydrogen) atoms. The smallest absolute Gasteiger partial charge is 0.317 e. The van der Waals surface area contributed by atoms with Gasteiger partial charge in [0.2, 0.25) is 0 Å². The van der Waals surface area contributed by atoms with Crippen molar-refractivity contribution in [2.24, 2.45) is 0 Å². The Bertz CT molecular complexity index is 630. The molecule has 2 saturated heterocycles. The van der Waals surface area contributed by atoms with E-state index in [1.165, 1.54) is 0 Å². The number of urea groups is 1. The van der Waals surface area contributed by atoms with Gasteiger partial charge >= 0.3 is 6.03 Å². The first-order valence-electron chi connectivity index (χ1n) is 6.46. The fourth-order valence-corrected chi connectivity index (χ4v) is 4.98. The van der Waals surface area contributed by atoms with Gasteiger partial charge in [-0.2, -0.15) is 0 Å². The number of nitrogens with zero attached hydrogens (tertiary/aromatic N) is 1. The molecule has 2 aliphatic rings. The van der Waals surface area contributed by atoms with Gasteiger partial charge in [-0.15, -0.1) is 0 Å². The summed E-state index contributed by atoms with van der Waals surface area (Å²) in [5.74, 6) is 0.103. The Labute approximate surface area is 122 Å². The molecule has 0 aromatic heterocycles. The van der Waals surface area contributed by atoms with Crippen molar-refractivity contribution < 1.29 is 13.2 Å². The number of likely N-dealkylation sites (tertiary alicyclic amines) is 1. The van der Waals surface area contributed by atoms with Crippen LogP contribution in [0.15, 0.2) is 24.3 Å². The highest BCUT2D eigenvalue weighted by Crippen LogP contribution is 2.32. The second-order valence-corrected chi connectivity index (χ2v) is 8.04. The number of hydrogen-bond acceptors (Lipinski definition) is 3. The molecule has 2 fully saturated rings. The number of carbonyl (C=O) groups is 1. The Balaban J connectivity index is 1.58. The molecule has 2 aliphatic heterocycles. The van der Waals surface area contributed by atoms with Gasteiger partial charge in [-0.25, -0.2) is 13.2 Å². The average Bonchev–Trinajstić information content (AvgIpc) is 2.93. The van der Waals surface area contributed by atoms with Gasteiger partial charge in [-0.3, -0.25) is 0 Å². The van der Waals surface area contributed by atoms with Crippen LogP contribution in [0.2, 0.25) is 5.02 Å². The lowest BCUT2D eigenvalue weighted by atomic mass is 10.2. The standard InChI is InChI=1S/C13H15ClN2O3S/c14-10-3-1-9(2-4-10)6-15-13(17)16-7-12-5-11(16)8-20(12,18)19/h1-4,11-12H,5-8H2,(H,15,17)/t11-,12+/m0/s1. The van der Waals surface area contributed by atoms with E-state index in [0.717, 1.165) is 5.56 Å². The van der Waals surface area contributed by atoms with Gasteiger partial charge < -0.3 is 10.2 Å². The van der Waals surface area contributed by atoms with Crippen molar-refractivity contribution in [3.8, 4) is 0 Å². The normalized spacial score (nSPS) is 26.8. The fourth-order valence-electron chi connectivity index (χ4n) is 2.83. The van der Waals surface area contributed by atoms with E-state index >= 15 is 0 Å². The Kier molecular flexibility index (Phi) is 3.38. The Morgan fingerprint density at radius 1 is 1.35 bits per heavy atom. The van der Waals surface area contributed by atoms with Crippen molar-refractivity contribution in [1.29, 1.82) is 0 Å². The summed E-state index contributed by atoms with van der Waals surface area (Å²) >= 11 is 5.80. The van der Waals surface area contributed by atoms with Gasteiger partial charge in [0.1, 0.15) is 0 Å². The third-order valence-electron chi connectivity index (χ3n) is 3.93. The first-order chi connectivity index (χ1) is 9.45. The van der Waals surface area contributed by atoms with Gasteiger partial charge in [-0.1, -0.05) is 23.7 Å². The summed E-state index contributed by atoms with van der Waals surface area (Å²) in [5.41, 5.74) is 0.958. The van der Waals surface area contributed by atoms with E-state index in [1.54, 1.807) is 17.0 Å². The summed E-state index contributed by atoms with van der Waals surface area (Å²) in [4.78, 5) is 13.7. The van der Waals surface area contributed by atoms with Crippen LogP contribution >= 0.6 is 11.6 Å². The first kappa shape index (κ1) is 13.7. The number of hydrogen-bond donors (Lipinski definition) is 1. The van der Waals surface area contributed by atoms with Crippen LogP contribution in [0.5, 0.6) is 0 Å². The molecule has 2 atom stereocenters. The molecular weight excluding hydrogens is 300 g/mol. The summed E-state index contributed by atoms with van der Waals surface area (Å²) in [6.07, 6.45) is 0.580. The van der Waals surface area contributed by atoms with Crippen molar-refractivity contribution in [3.05, 3.63) is 34.9 Å². The third kappa shape index (κ3) is 2.50. The lowest BCUT2D eigenvalue weighted by molar-refractivity contribution is 0.195. The van der Waals surface area contributed by atoms with Crippen LogP contribution in [0, 0.1) is 0 Å². The number of sulfone groups is 1. The van der Waals surface area contributed by atoms with Gasteiger partial charge in [0, 0.05) is 24.2 Å². The van der Waals surface area contributed by atoms with Crippen molar-refractivity contribution in [1.82, 2.24) is 10.2 Å². The molecule has 0 saturated carbocycles. The molecule has 0 aliphatic carbocycles. The molecule has 0 radical (unpaired) electrons. The fraction of sp³-hybridized carbons (Fsp3) is 0.462. The second-order valence-electron chi connectivity index (χ2n) is 5.28. The summed E-state index contributed by atoms with van der Waals surface area (Å²) < 4.78 is 23.3. The van der Waals surface area contributed by atoms with E-state index in [9.17, 15) is 13.2 Å². The van der Waals surface area contributed by atoms with Crippen LogP contribution in [-0.2, 0) is 16.4 Å². The molecule has 1 aromatic rings. The van der Waals surface area contributed by atoms with Gasteiger partial charge in [0.25, 0.3) is 0 Å². The Hall–Kier alpha value is -1.27. The summed E-state index contributed by atoms with van der Waals surface area (Å²) in [6.45, 7) is 0.732. The highest BCUT2D eigenvalue weighted by molar-refractivity contribution is 7.92. The zero-order valence-electron chi connectivity index (χ0n) is 10.8. The topological polar surface area (TPSA) is 66.5 Å². The molecule has 7 heteroatoms. The van der Waals surface area contributed by atoms with Gasteiger partial charge in [0.15, 0.2) is 9.84 Å². The number of amides is 2. The van der Waals surface area contributed by atoms with E-state index in [0.29, 0.717) is 24.5 Å². The molecule has 108 valence electrons. The van der Waals surface area contributed by atoms with Crippen molar-refractivity contribution in [3.63, 3.8) is 0 Å². The molecule has 2 heterocycles. The zero-order valence-corrected chi connectivity index (χ0v) is 12.3. The molecule has 2 amide bonds. The molecule has 1 aromatic carbocycles. The largest absolute Gasteiger partial charge is 0.334 e. The number of rotatable bonds is 2. The van der Waals surface area contributed by atoms with Crippen LogP contribution in [0.1, 0.15) is 12.0 Å². The summed E-state index contributed by atoms with van der Waals surface area (Å²) in [5, 5.41) is 3.11. The maximum Gasteiger partial charge on any atom is 0.317 e. The molecular formula is C13H15ClN2O3S. The second kappa shape index (κ2) is 4.93. The molecule has 0 spiro atoms. The minimum atomic E-state index is -2.96. The minimum Gasteiger partial charge on any atom is -0.334 e. The first-order valence-corrected chi connectivity index (χ1v) is 8.55. The highest BCUT2D eigenvalue weighted by atomic mass is 35.5.